The lowest BCUT2D eigenvalue weighted by atomic mass is 9.97. The Kier molecular flexibility index (Phi) is 6.72. The van der Waals surface area contributed by atoms with Gasteiger partial charge < -0.3 is 0 Å². The zero-order valence-electron chi connectivity index (χ0n) is 25.8. The van der Waals surface area contributed by atoms with Gasteiger partial charge in [0.2, 0.25) is 0 Å². The second-order valence-electron chi connectivity index (χ2n) is 11.7. The van der Waals surface area contributed by atoms with Crippen LogP contribution in [-0.2, 0) is 0 Å². The first-order valence-corrected chi connectivity index (χ1v) is 15.9. The summed E-state index contributed by atoms with van der Waals surface area (Å²) in [4.78, 5) is 24.9. The van der Waals surface area contributed by atoms with Crippen molar-refractivity contribution in [1.82, 2.24) is 24.9 Å². The van der Waals surface area contributed by atoms with Crippen molar-refractivity contribution in [2.45, 2.75) is 0 Å². The van der Waals surface area contributed by atoms with E-state index in [9.17, 15) is 0 Å². The third-order valence-corrected chi connectivity index (χ3v) is 8.79. The summed E-state index contributed by atoms with van der Waals surface area (Å²) in [6.07, 6.45) is 3.60. The normalized spacial score (nSPS) is 11.3. The minimum atomic E-state index is 0.634. The largest absolute Gasteiger partial charge is 0.251 e. The molecule has 3 heterocycles. The van der Waals surface area contributed by atoms with Gasteiger partial charge in [-0.15, -0.1) is 0 Å². The van der Waals surface area contributed by atoms with Crippen molar-refractivity contribution in [2.75, 3.05) is 0 Å². The monoisotopic (exact) mass is 613 g/mol. The van der Waals surface area contributed by atoms with Crippen LogP contribution in [0.25, 0.3) is 89.0 Å². The van der Waals surface area contributed by atoms with Crippen molar-refractivity contribution in [1.29, 1.82) is 0 Å². The van der Waals surface area contributed by atoms with Gasteiger partial charge in [0, 0.05) is 27.3 Å². The summed E-state index contributed by atoms with van der Waals surface area (Å²) in [5, 5.41) is 5.72. The van der Waals surface area contributed by atoms with Crippen LogP contribution in [0.2, 0.25) is 0 Å². The molecule has 0 atom stereocenters. The fraction of sp³-hybridized carbons (Fsp3) is 0. The average molecular weight is 614 g/mol. The van der Waals surface area contributed by atoms with E-state index in [-0.39, 0.29) is 0 Å². The number of hydrogen-bond acceptors (Lipinski definition) is 5. The Labute approximate surface area is 277 Å². The summed E-state index contributed by atoms with van der Waals surface area (Å²) in [6.45, 7) is 0. The van der Waals surface area contributed by atoms with E-state index in [2.05, 4.69) is 103 Å². The van der Waals surface area contributed by atoms with Gasteiger partial charge in [-0.2, -0.15) is 0 Å². The van der Waals surface area contributed by atoms with Crippen LogP contribution in [0.5, 0.6) is 0 Å². The van der Waals surface area contributed by atoms with Crippen LogP contribution >= 0.6 is 0 Å². The standard InChI is InChI=1S/C43H27N5/c1-3-11-28(12-4-1)29-19-21-31(22-20-29)37-25-38(48-43(47-37)32-14-5-2-6-15-32)39-26-45-40(27-44-39)42-35-24-23-30-13-7-8-16-33(30)41(35)34-17-9-10-18-36(34)46-42/h1-27H. The van der Waals surface area contributed by atoms with Gasteiger partial charge >= 0.3 is 0 Å². The molecule has 0 spiro atoms. The molecule has 0 saturated carbocycles. The fourth-order valence-electron chi connectivity index (χ4n) is 6.41. The molecule has 0 aliphatic rings. The molecule has 0 aliphatic carbocycles. The highest BCUT2D eigenvalue weighted by atomic mass is 14.9. The second kappa shape index (κ2) is 11.6. The second-order valence-corrected chi connectivity index (χ2v) is 11.7. The van der Waals surface area contributed by atoms with Crippen LogP contribution in [0.1, 0.15) is 0 Å². The quantitative estimate of drug-likeness (QED) is 0.181. The molecule has 5 nitrogen and oxygen atoms in total. The first-order valence-electron chi connectivity index (χ1n) is 15.9. The zero-order valence-corrected chi connectivity index (χ0v) is 25.8. The Bertz CT molecular complexity index is 2570. The predicted octanol–water partition coefficient (Wildman–Crippen LogP) is 10.5. The molecular formula is C43H27N5. The smallest absolute Gasteiger partial charge is 0.160 e. The average Bonchev–Trinajstić information content (AvgIpc) is 3.18. The molecular weight excluding hydrogens is 587 g/mol. The number of benzene rings is 6. The Morgan fingerprint density at radius 2 is 0.958 bits per heavy atom. The Morgan fingerprint density at radius 3 is 1.73 bits per heavy atom. The number of aromatic nitrogens is 5. The summed E-state index contributed by atoms with van der Waals surface area (Å²) in [6, 6.07) is 52.0. The minimum absolute atomic E-state index is 0.634. The third-order valence-electron chi connectivity index (χ3n) is 8.79. The highest BCUT2D eigenvalue weighted by Gasteiger charge is 2.16. The van der Waals surface area contributed by atoms with E-state index in [4.69, 9.17) is 24.9 Å². The number of rotatable bonds is 5. The predicted molar refractivity (Wildman–Crippen MR) is 195 cm³/mol. The summed E-state index contributed by atoms with van der Waals surface area (Å²) in [7, 11) is 0. The zero-order chi connectivity index (χ0) is 31.9. The van der Waals surface area contributed by atoms with Crippen LogP contribution in [0.15, 0.2) is 164 Å². The summed E-state index contributed by atoms with van der Waals surface area (Å²) < 4.78 is 0. The molecule has 0 aliphatic heterocycles. The lowest BCUT2D eigenvalue weighted by molar-refractivity contribution is 1.14. The molecule has 6 aromatic carbocycles. The Balaban J connectivity index is 1.15. The summed E-state index contributed by atoms with van der Waals surface area (Å²) in [5.74, 6) is 0.634. The van der Waals surface area contributed by atoms with E-state index in [1.54, 1.807) is 12.4 Å². The van der Waals surface area contributed by atoms with Gasteiger partial charge in [0.15, 0.2) is 5.82 Å². The molecule has 0 fully saturated rings. The van der Waals surface area contributed by atoms with Crippen molar-refractivity contribution in [3.8, 4) is 56.5 Å². The van der Waals surface area contributed by atoms with Gasteiger partial charge in [-0.3, -0.25) is 9.97 Å². The Hall–Kier alpha value is -6.59. The van der Waals surface area contributed by atoms with Crippen molar-refractivity contribution in [3.05, 3.63) is 164 Å². The van der Waals surface area contributed by atoms with Gasteiger partial charge in [0.1, 0.15) is 11.4 Å². The lowest BCUT2D eigenvalue weighted by Crippen LogP contribution is -1.98. The molecule has 0 saturated heterocycles. The van der Waals surface area contributed by atoms with Crippen molar-refractivity contribution in [3.63, 3.8) is 0 Å². The maximum absolute atomic E-state index is 5.09. The third kappa shape index (κ3) is 4.95. The van der Waals surface area contributed by atoms with E-state index in [1.165, 1.54) is 21.7 Å². The molecule has 0 radical (unpaired) electrons. The van der Waals surface area contributed by atoms with E-state index >= 15 is 0 Å². The van der Waals surface area contributed by atoms with E-state index in [0.717, 1.165) is 44.4 Å². The maximum atomic E-state index is 5.09. The van der Waals surface area contributed by atoms with Crippen LogP contribution in [0, 0.1) is 0 Å². The molecule has 9 rings (SSSR count). The van der Waals surface area contributed by atoms with Gasteiger partial charge in [0.05, 0.1) is 35.0 Å². The molecule has 224 valence electrons. The van der Waals surface area contributed by atoms with E-state index in [1.807, 2.05) is 48.5 Å². The van der Waals surface area contributed by atoms with Gasteiger partial charge in [-0.25, -0.2) is 15.0 Å². The highest BCUT2D eigenvalue weighted by molar-refractivity contribution is 6.22. The highest BCUT2D eigenvalue weighted by Crippen LogP contribution is 2.36. The van der Waals surface area contributed by atoms with Gasteiger partial charge in [0.25, 0.3) is 0 Å². The number of nitrogens with zero attached hydrogens (tertiary/aromatic N) is 5. The minimum Gasteiger partial charge on any atom is -0.251 e. The maximum Gasteiger partial charge on any atom is 0.160 e. The van der Waals surface area contributed by atoms with Crippen molar-refractivity contribution >= 4 is 32.4 Å². The van der Waals surface area contributed by atoms with Gasteiger partial charge in [-0.05, 0) is 34.0 Å². The van der Waals surface area contributed by atoms with Crippen LogP contribution in [-0.4, -0.2) is 24.9 Å². The topological polar surface area (TPSA) is 64.5 Å². The first kappa shape index (κ1) is 27.7. The van der Waals surface area contributed by atoms with E-state index < -0.39 is 0 Å². The number of fused-ring (bicyclic) bond motifs is 5. The molecule has 0 amide bonds. The molecule has 0 N–H and O–H groups in total. The summed E-state index contributed by atoms with van der Waals surface area (Å²) in [5.41, 5.74) is 8.88. The number of pyridine rings is 1. The van der Waals surface area contributed by atoms with Crippen molar-refractivity contribution in [2.24, 2.45) is 0 Å². The summed E-state index contributed by atoms with van der Waals surface area (Å²) >= 11 is 0. The van der Waals surface area contributed by atoms with Gasteiger partial charge in [-0.1, -0.05) is 140 Å². The van der Waals surface area contributed by atoms with Crippen molar-refractivity contribution < 1.29 is 0 Å². The Morgan fingerprint density at radius 1 is 0.354 bits per heavy atom. The lowest BCUT2D eigenvalue weighted by Gasteiger charge is -2.12. The van der Waals surface area contributed by atoms with Crippen LogP contribution in [0.4, 0.5) is 0 Å². The van der Waals surface area contributed by atoms with Crippen LogP contribution < -0.4 is 0 Å². The SMILES string of the molecule is c1ccc(-c2ccc(-c3cc(-c4cnc(-c5nc6ccccc6c6c5ccc5ccccc56)cn4)nc(-c4ccccc4)n3)cc2)cc1. The number of hydrogen-bond donors (Lipinski definition) is 0. The molecule has 9 aromatic rings. The van der Waals surface area contributed by atoms with E-state index in [0.29, 0.717) is 22.9 Å². The molecule has 48 heavy (non-hydrogen) atoms. The fourth-order valence-corrected chi connectivity index (χ4v) is 6.41. The first-order chi connectivity index (χ1) is 23.8. The molecule has 3 aromatic heterocycles. The van der Waals surface area contributed by atoms with Crippen LogP contribution in [0.3, 0.4) is 0 Å². The number of para-hydroxylation sites is 1. The molecule has 0 bridgehead atoms. The molecule has 0 unspecified atom stereocenters. The molecule has 5 heteroatoms.